The van der Waals surface area contributed by atoms with Gasteiger partial charge in [0.15, 0.2) is 0 Å². The van der Waals surface area contributed by atoms with Crippen LogP contribution in [0, 0.1) is 5.92 Å². The van der Waals surface area contributed by atoms with Crippen molar-refractivity contribution in [3.63, 3.8) is 0 Å². The fourth-order valence-electron chi connectivity index (χ4n) is 2.81. The van der Waals surface area contributed by atoms with Crippen LogP contribution >= 0.6 is 11.6 Å². The molecule has 5 nitrogen and oxygen atoms in total. The van der Waals surface area contributed by atoms with Crippen LogP contribution in [0.2, 0.25) is 5.02 Å². The quantitative estimate of drug-likeness (QED) is 0.870. The van der Waals surface area contributed by atoms with Gasteiger partial charge in [-0.25, -0.2) is 0 Å². The molecule has 1 aromatic carbocycles. The standard InChI is InChI=1S/C18H19ClN2O3/c19-15-10-12(21-18(23)14-5-3-6-16(14)22)7-8-17(15)24-11-13-4-1-2-9-20-13/h1-2,4,7-10,14,16,22H,3,5-6,11H2,(H,21,23). The number of pyridine rings is 1. The first-order chi connectivity index (χ1) is 11.6. The third-order valence-corrected chi connectivity index (χ3v) is 4.41. The summed E-state index contributed by atoms with van der Waals surface area (Å²) < 4.78 is 5.65. The summed E-state index contributed by atoms with van der Waals surface area (Å²) in [5, 5.41) is 13.0. The van der Waals surface area contributed by atoms with Gasteiger partial charge in [0, 0.05) is 11.9 Å². The van der Waals surface area contributed by atoms with Crippen molar-refractivity contribution in [2.45, 2.75) is 32.0 Å². The van der Waals surface area contributed by atoms with Gasteiger partial charge in [-0.2, -0.15) is 0 Å². The fraction of sp³-hybridized carbons (Fsp3) is 0.333. The number of nitrogens with one attached hydrogen (secondary N) is 1. The van der Waals surface area contributed by atoms with Gasteiger partial charge < -0.3 is 15.2 Å². The minimum atomic E-state index is -0.554. The van der Waals surface area contributed by atoms with E-state index in [4.69, 9.17) is 16.3 Å². The van der Waals surface area contributed by atoms with Crippen LogP contribution in [0.4, 0.5) is 5.69 Å². The molecule has 0 aliphatic heterocycles. The largest absolute Gasteiger partial charge is 0.486 e. The van der Waals surface area contributed by atoms with Crippen LogP contribution in [0.25, 0.3) is 0 Å². The highest BCUT2D eigenvalue weighted by Crippen LogP contribution is 2.30. The lowest BCUT2D eigenvalue weighted by molar-refractivity contribution is -0.122. The van der Waals surface area contributed by atoms with Gasteiger partial charge in [0.1, 0.15) is 12.4 Å². The first-order valence-corrected chi connectivity index (χ1v) is 8.32. The Morgan fingerprint density at radius 3 is 2.88 bits per heavy atom. The molecule has 0 radical (unpaired) electrons. The number of aliphatic hydroxyl groups is 1. The summed E-state index contributed by atoms with van der Waals surface area (Å²) in [5.74, 6) is 0.0169. The maximum Gasteiger partial charge on any atom is 0.230 e. The molecule has 1 amide bonds. The minimum absolute atomic E-state index is 0.168. The molecule has 1 saturated carbocycles. The summed E-state index contributed by atoms with van der Waals surface area (Å²) in [7, 11) is 0. The van der Waals surface area contributed by atoms with Gasteiger partial charge in [-0.1, -0.05) is 17.7 Å². The number of rotatable bonds is 5. The number of amides is 1. The molecule has 24 heavy (non-hydrogen) atoms. The summed E-state index contributed by atoms with van der Waals surface area (Å²) in [5.41, 5.74) is 1.40. The summed E-state index contributed by atoms with van der Waals surface area (Å²) in [6, 6.07) is 10.7. The Kier molecular flexibility index (Phi) is 5.33. The number of carbonyl (C=O) groups is 1. The Morgan fingerprint density at radius 1 is 1.33 bits per heavy atom. The van der Waals surface area contributed by atoms with E-state index in [9.17, 15) is 9.90 Å². The first kappa shape index (κ1) is 16.7. The van der Waals surface area contributed by atoms with Crippen molar-refractivity contribution in [2.75, 3.05) is 5.32 Å². The fourth-order valence-corrected chi connectivity index (χ4v) is 3.05. The zero-order valence-electron chi connectivity index (χ0n) is 13.1. The number of aromatic nitrogens is 1. The van der Waals surface area contributed by atoms with Crippen LogP contribution in [0.15, 0.2) is 42.6 Å². The predicted molar refractivity (Wildman–Crippen MR) is 92.0 cm³/mol. The lowest BCUT2D eigenvalue weighted by Gasteiger charge is -2.15. The number of anilines is 1. The van der Waals surface area contributed by atoms with E-state index < -0.39 is 6.10 Å². The molecule has 2 unspecified atom stereocenters. The zero-order chi connectivity index (χ0) is 16.9. The SMILES string of the molecule is O=C(Nc1ccc(OCc2ccccn2)c(Cl)c1)C1CCCC1O. The number of carbonyl (C=O) groups excluding carboxylic acids is 1. The van der Waals surface area contributed by atoms with Crippen molar-refractivity contribution in [1.82, 2.24) is 4.98 Å². The van der Waals surface area contributed by atoms with E-state index in [1.165, 1.54) is 0 Å². The minimum Gasteiger partial charge on any atom is -0.486 e. The van der Waals surface area contributed by atoms with E-state index in [1.54, 1.807) is 24.4 Å². The van der Waals surface area contributed by atoms with Crippen LogP contribution in [-0.4, -0.2) is 22.1 Å². The van der Waals surface area contributed by atoms with Crippen LogP contribution in [0.1, 0.15) is 25.0 Å². The smallest absolute Gasteiger partial charge is 0.230 e. The zero-order valence-corrected chi connectivity index (χ0v) is 13.9. The Morgan fingerprint density at radius 2 is 2.21 bits per heavy atom. The monoisotopic (exact) mass is 346 g/mol. The maximum absolute atomic E-state index is 12.2. The van der Waals surface area contributed by atoms with Gasteiger partial charge >= 0.3 is 0 Å². The molecule has 6 heteroatoms. The van der Waals surface area contributed by atoms with E-state index in [0.717, 1.165) is 12.1 Å². The van der Waals surface area contributed by atoms with E-state index >= 15 is 0 Å². The molecule has 2 aromatic rings. The van der Waals surface area contributed by atoms with Crippen molar-refractivity contribution in [1.29, 1.82) is 0 Å². The topological polar surface area (TPSA) is 71.5 Å². The molecular weight excluding hydrogens is 328 g/mol. The summed E-state index contributed by atoms with van der Waals surface area (Å²) in [4.78, 5) is 16.4. The second-order valence-corrected chi connectivity index (χ2v) is 6.26. The maximum atomic E-state index is 12.2. The molecule has 1 aliphatic carbocycles. The molecular formula is C18H19ClN2O3. The average Bonchev–Trinajstić information content (AvgIpc) is 3.01. The molecule has 2 atom stereocenters. The second-order valence-electron chi connectivity index (χ2n) is 5.85. The Balaban J connectivity index is 1.61. The van der Waals surface area contributed by atoms with E-state index in [2.05, 4.69) is 10.3 Å². The normalized spacial score (nSPS) is 19.9. The van der Waals surface area contributed by atoms with Gasteiger partial charge in [-0.3, -0.25) is 9.78 Å². The second kappa shape index (κ2) is 7.64. The number of aliphatic hydroxyl groups excluding tert-OH is 1. The lowest BCUT2D eigenvalue weighted by Crippen LogP contribution is -2.28. The Labute approximate surface area is 145 Å². The molecule has 1 aromatic heterocycles. The number of nitrogens with zero attached hydrogens (tertiary/aromatic N) is 1. The summed E-state index contributed by atoms with van der Waals surface area (Å²) in [6.45, 7) is 0.320. The van der Waals surface area contributed by atoms with Crippen LogP contribution in [0.3, 0.4) is 0 Å². The number of halogens is 1. The first-order valence-electron chi connectivity index (χ1n) is 7.94. The molecule has 0 bridgehead atoms. The van der Waals surface area contributed by atoms with Crippen LogP contribution in [-0.2, 0) is 11.4 Å². The highest BCUT2D eigenvalue weighted by molar-refractivity contribution is 6.32. The third-order valence-electron chi connectivity index (χ3n) is 4.12. The van der Waals surface area contributed by atoms with Crippen molar-refractivity contribution in [3.8, 4) is 5.75 Å². The predicted octanol–water partition coefficient (Wildman–Crippen LogP) is 3.41. The molecule has 0 spiro atoms. The highest BCUT2D eigenvalue weighted by Gasteiger charge is 2.31. The van der Waals surface area contributed by atoms with Gasteiger partial charge in [0.25, 0.3) is 0 Å². The molecule has 0 saturated heterocycles. The molecule has 1 aliphatic rings. The van der Waals surface area contributed by atoms with Crippen molar-refractivity contribution < 1.29 is 14.6 Å². The van der Waals surface area contributed by atoms with Crippen molar-refractivity contribution >= 4 is 23.2 Å². The number of benzene rings is 1. The van der Waals surface area contributed by atoms with Crippen LogP contribution in [0.5, 0.6) is 5.75 Å². The summed E-state index contributed by atoms with van der Waals surface area (Å²) >= 11 is 6.22. The Bertz CT molecular complexity index is 709. The molecule has 1 fully saturated rings. The summed E-state index contributed by atoms with van der Waals surface area (Å²) in [6.07, 6.45) is 3.42. The third kappa shape index (κ3) is 4.04. The average molecular weight is 347 g/mol. The van der Waals surface area contributed by atoms with Gasteiger partial charge in [0.2, 0.25) is 5.91 Å². The number of hydrogen-bond donors (Lipinski definition) is 2. The Hall–Kier alpha value is -2.11. The van der Waals surface area contributed by atoms with Crippen molar-refractivity contribution in [2.24, 2.45) is 5.92 Å². The molecule has 126 valence electrons. The van der Waals surface area contributed by atoms with Gasteiger partial charge in [-0.15, -0.1) is 0 Å². The lowest BCUT2D eigenvalue weighted by atomic mass is 10.1. The molecule has 2 N–H and O–H groups in total. The van der Waals surface area contributed by atoms with E-state index in [1.807, 2.05) is 18.2 Å². The van der Waals surface area contributed by atoms with Gasteiger partial charge in [-0.05, 0) is 49.6 Å². The van der Waals surface area contributed by atoms with E-state index in [-0.39, 0.29) is 11.8 Å². The van der Waals surface area contributed by atoms with Crippen molar-refractivity contribution in [3.05, 3.63) is 53.3 Å². The number of ether oxygens (including phenoxy) is 1. The van der Waals surface area contributed by atoms with E-state index in [0.29, 0.717) is 35.9 Å². The van der Waals surface area contributed by atoms with Gasteiger partial charge in [0.05, 0.1) is 22.7 Å². The molecule has 1 heterocycles. The number of hydrogen-bond acceptors (Lipinski definition) is 4. The molecule has 3 rings (SSSR count). The van der Waals surface area contributed by atoms with Crippen LogP contribution < -0.4 is 10.1 Å². The highest BCUT2D eigenvalue weighted by atomic mass is 35.5.